The van der Waals surface area contributed by atoms with Crippen LogP contribution in [-0.2, 0) is 9.53 Å². The van der Waals surface area contributed by atoms with Crippen LogP contribution < -0.4 is 10.2 Å². The van der Waals surface area contributed by atoms with Crippen molar-refractivity contribution in [2.45, 2.75) is 39.0 Å². The first-order valence-electron chi connectivity index (χ1n) is 9.46. The summed E-state index contributed by atoms with van der Waals surface area (Å²) in [5.74, 6) is 1.55. The standard InChI is InChI=1S/C20H27N3O2/c1-20(7-8-20)17(15-3-2-4-15)13-19(24)22-16-5-6-18(21-14-16)23-9-11-25-12-10-23/h5-6,13-15H,2-4,7-12H2,1H3,(H,22,24)/b17-13-. The molecule has 1 amide bonds. The molecule has 2 saturated carbocycles. The lowest BCUT2D eigenvalue weighted by molar-refractivity contribution is -0.112. The van der Waals surface area contributed by atoms with E-state index in [1.807, 2.05) is 18.2 Å². The van der Waals surface area contributed by atoms with Crippen LogP contribution in [-0.4, -0.2) is 37.2 Å². The highest BCUT2D eigenvalue weighted by Crippen LogP contribution is 2.56. The zero-order valence-electron chi connectivity index (χ0n) is 15.0. The molecule has 25 heavy (non-hydrogen) atoms. The van der Waals surface area contributed by atoms with E-state index in [1.165, 1.54) is 37.7 Å². The molecule has 2 aliphatic carbocycles. The Bertz CT molecular complexity index is 654. The second kappa shape index (κ2) is 6.79. The lowest BCUT2D eigenvalue weighted by Crippen LogP contribution is -2.36. The summed E-state index contributed by atoms with van der Waals surface area (Å²) in [7, 11) is 0. The number of allylic oxidation sites excluding steroid dienone is 1. The number of anilines is 2. The summed E-state index contributed by atoms with van der Waals surface area (Å²) in [6.07, 6.45) is 9.84. The van der Waals surface area contributed by atoms with Crippen molar-refractivity contribution in [2.24, 2.45) is 11.3 Å². The molecule has 0 radical (unpaired) electrons. The summed E-state index contributed by atoms with van der Waals surface area (Å²) in [4.78, 5) is 19.2. The number of amides is 1. The highest BCUT2D eigenvalue weighted by Gasteiger charge is 2.45. The molecule has 3 fully saturated rings. The number of carbonyl (C=O) groups excluding carboxylic acids is 1. The summed E-state index contributed by atoms with van der Waals surface area (Å²) >= 11 is 0. The van der Waals surface area contributed by atoms with Crippen molar-refractivity contribution in [1.29, 1.82) is 0 Å². The first kappa shape index (κ1) is 16.6. The Hall–Kier alpha value is -1.88. The Morgan fingerprint density at radius 2 is 2.08 bits per heavy atom. The van der Waals surface area contributed by atoms with E-state index in [-0.39, 0.29) is 11.3 Å². The van der Waals surface area contributed by atoms with Gasteiger partial charge >= 0.3 is 0 Å². The van der Waals surface area contributed by atoms with Gasteiger partial charge in [0.15, 0.2) is 0 Å². The quantitative estimate of drug-likeness (QED) is 0.834. The maximum atomic E-state index is 12.5. The summed E-state index contributed by atoms with van der Waals surface area (Å²) in [6.45, 7) is 5.51. The largest absolute Gasteiger partial charge is 0.378 e. The molecule has 1 aromatic rings. The molecular formula is C20H27N3O2. The van der Waals surface area contributed by atoms with E-state index in [9.17, 15) is 4.79 Å². The maximum absolute atomic E-state index is 12.5. The van der Waals surface area contributed by atoms with Crippen LogP contribution in [0.25, 0.3) is 0 Å². The van der Waals surface area contributed by atoms with E-state index in [4.69, 9.17) is 4.74 Å². The monoisotopic (exact) mass is 341 g/mol. The molecule has 134 valence electrons. The van der Waals surface area contributed by atoms with Gasteiger partial charge in [-0.1, -0.05) is 18.9 Å². The van der Waals surface area contributed by atoms with Gasteiger partial charge in [-0.25, -0.2) is 4.98 Å². The Labute approximate surface area is 149 Å². The van der Waals surface area contributed by atoms with Gasteiger partial charge in [-0.3, -0.25) is 4.79 Å². The van der Waals surface area contributed by atoms with Gasteiger partial charge in [0.1, 0.15) is 5.82 Å². The average molecular weight is 341 g/mol. The molecule has 3 aliphatic rings. The Balaban J connectivity index is 1.40. The van der Waals surface area contributed by atoms with Gasteiger partial charge < -0.3 is 15.0 Å². The lowest BCUT2D eigenvalue weighted by Gasteiger charge is -2.32. The lowest BCUT2D eigenvalue weighted by atomic mass is 9.73. The highest BCUT2D eigenvalue weighted by molar-refractivity contribution is 6.00. The number of hydrogen-bond acceptors (Lipinski definition) is 4. The summed E-state index contributed by atoms with van der Waals surface area (Å²) < 4.78 is 5.37. The van der Waals surface area contributed by atoms with E-state index in [2.05, 4.69) is 22.1 Å². The van der Waals surface area contributed by atoms with Gasteiger partial charge in [0.25, 0.3) is 0 Å². The van der Waals surface area contributed by atoms with Gasteiger partial charge in [0, 0.05) is 19.2 Å². The molecule has 5 nitrogen and oxygen atoms in total. The topological polar surface area (TPSA) is 54.5 Å². The third-order valence-electron chi connectivity index (χ3n) is 5.88. The fraction of sp³-hybridized carbons (Fsp3) is 0.600. The van der Waals surface area contributed by atoms with Crippen LogP contribution in [0.1, 0.15) is 39.0 Å². The molecule has 4 rings (SSSR count). The van der Waals surface area contributed by atoms with E-state index < -0.39 is 0 Å². The number of rotatable bonds is 5. The molecule has 0 aromatic carbocycles. The third-order valence-corrected chi connectivity index (χ3v) is 5.88. The number of pyridine rings is 1. The van der Waals surface area contributed by atoms with Crippen LogP contribution in [0.15, 0.2) is 30.0 Å². The van der Waals surface area contributed by atoms with E-state index in [1.54, 1.807) is 6.20 Å². The number of carbonyl (C=O) groups is 1. The van der Waals surface area contributed by atoms with Crippen LogP contribution in [0.3, 0.4) is 0 Å². The second-order valence-electron chi connectivity index (χ2n) is 7.78. The molecule has 0 bridgehead atoms. The zero-order valence-corrected chi connectivity index (χ0v) is 15.0. The first-order chi connectivity index (χ1) is 12.1. The molecule has 1 N–H and O–H groups in total. The minimum atomic E-state index is -0.0176. The van der Waals surface area contributed by atoms with Crippen molar-refractivity contribution >= 4 is 17.4 Å². The third kappa shape index (κ3) is 3.71. The predicted molar refractivity (Wildman–Crippen MR) is 98.7 cm³/mol. The second-order valence-corrected chi connectivity index (χ2v) is 7.78. The molecule has 1 aliphatic heterocycles. The van der Waals surface area contributed by atoms with Crippen molar-refractivity contribution < 1.29 is 9.53 Å². The first-order valence-corrected chi connectivity index (χ1v) is 9.46. The summed E-state index contributed by atoms with van der Waals surface area (Å²) in [6, 6.07) is 3.91. The predicted octanol–water partition coefficient (Wildman–Crippen LogP) is 3.38. The molecule has 0 spiro atoms. The van der Waals surface area contributed by atoms with Gasteiger partial charge in [0.05, 0.1) is 25.1 Å². The van der Waals surface area contributed by atoms with E-state index in [0.717, 1.165) is 37.8 Å². The average Bonchev–Trinajstić information content (AvgIpc) is 3.33. The van der Waals surface area contributed by atoms with Crippen molar-refractivity contribution in [2.75, 3.05) is 36.5 Å². The smallest absolute Gasteiger partial charge is 0.248 e. The Kier molecular flexibility index (Phi) is 4.50. The highest BCUT2D eigenvalue weighted by atomic mass is 16.5. The molecule has 1 saturated heterocycles. The molecule has 5 heteroatoms. The van der Waals surface area contributed by atoms with Crippen molar-refractivity contribution in [3.8, 4) is 0 Å². The van der Waals surface area contributed by atoms with Crippen LogP contribution in [0.4, 0.5) is 11.5 Å². The normalized spacial score (nSPS) is 23.1. The van der Waals surface area contributed by atoms with E-state index in [0.29, 0.717) is 5.92 Å². The molecular weight excluding hydrogens is 314 g/mol. The van der Waals surface area contributed by atoms with Gasteiger partial charge in [0.2, 0.25) is 5.91 Å². The minimum absolute atomic E-state index is 0.0176. The van der Waals surface area contributed by atoms with Crippen LogP contribution >= 0.6 is 0 Å². The molecule has 1 aromatic heterocycles. The van der Waals surface area contributed by atoms with Crippen LogP contribution in [0, 0.1) is 11.3 Å². The van der Waals surface area contributed by atoms with Gasteiger partial charge in [-0.2, -0.15) is 0 Å². The number of nitrogens with one attached hydrogen (secondary N) is 1. The van der Waals surface area contributed by atoms with Crippen molar-refractivity contribution in [3.63, 3.8) is 0 Å². The van der Waals surface area contributed by atoms with Crippen LogP contribution in [0.5, 0.6) is 0 Å². The van der Waals surface area contributed by atoms with Crippen molar-refractivity contribution in [1.82, 2.24) is 4.98 Å². The maximum Gasteiger partial charge on any atom is 0.248 e. The molecule has 0 atom stereocenters. The number of hydrogen-bond donors (Lipinski definition) is 1. The summed E-state index contributed by atoms with van der Waals surface area (Å²) in [5.41, 5.74) is 2.40. The fourth-order valence-electron chi connectivity index (χ4n) is 3.74. The fourth-order valence-corrected chi connectivity index (χ4v) is 3.74. The van der Waals surface area contributed by atoms with Crippen molar-refractivity contribution in [3.05, 3.63) is 30.0 Å². The van der Waals surface area contributed by atoms with Gasteiger partial charge in [-0.05, 0) is 49.1 Å². The number of nitrogens with zero attached hydrogens (tertiary/aromatic N) is 2. The van der Waals surface area contributed by atoms with Crippen LogP contribution in [0.2, 0.25) is 0 Å². The number of ether oxygens (including phenoxy) is 1. The Morgan fingerprint density at radius 3 is 2.64 bits per heavy atom. The summed E-state index contributed by atoms with van der Waals surface area (Å²) in [5, 5.41) is 2.98. The number of aromatic nitrogens is 1. The van der Waals surface area contributed by atoms with E-state index >= 15 is 0 Å². The minimum Gasteiger partial charge on any atom is -0.378 e. The Morgan fingerprint density at radius 1 is 1.32 bits per heavy atom. The molecule has 2 heterocycles. The SMILES string of the molecule is CC1(/C(=C\C(=O)Nc2ccc(N3CCOCC3)nc2)C2CCC2)CC1. The zero-order chi connectivity index (χ0) is 17.3. The molecule has 0 unspecified atom stereocenters. The number of morpholine rings is 1. The van der Waals surface area contributed by atoms with Gasteiger partial charge in [-0.15, -0.1) is 0 Å².